The lowest BCUT2D eigenvalue weighted by Crippen LogP contribution is -2.37. The Morgan fingerprint density at radius 1 is 1.11 bits per heavy atom. The van der Waals surface area contributed by atoms with Gasteiger partial charge in [0.05, 0.1) is 10.5 Å². The molecular weight excluding hydrogens is 516 g/mol. The second-order valence-corrected chi connectivity index (χ2v) is 11.3. The van der Waals surface area contributed by atoms with E-state index in [1.807, 2.05) is 31.2 Å². The Labute approximate surface area is 232 Å². The summed E-state index contributed by atoms with van der Waals surface area (Å²) in [6.07, 6.45) is 7.22. The van der Waals surface area contributed by atoms with Crippen molar-refractivity contribution in [3.05, 3.63) is 81.1 Å². The Balaban J connectivity index is 1.41. The molecule has 3 aromatic rings. The molecule has 38 heavy (non-hydrogen) atoms. The predicted molar refractivity (Wildman–Crippen MR) is 158 cm³/mol. The number of piperidine rings is 1. The van der Waals surface area contributed by atoms with E-state index in [0.717, 1.165) is 32.4 Å². The van der Waals surface area contributed by atoms with E-state index in [-0.39, 0.29) is 11.5 Å². The minimum atomic E-state index is -0.182. The monoisotopic (exact) mass is 548 g/mol. The van der Waals surface area contributed by atoms with Gasteiger partial charge in [-0.15, -0.1) is 0 Å². The molecule has 0 aliphatic carbocycles. The smallest absolute Gasteiger partial charge is 0.267 e. The number of carbonyl (C=O) groups excluding carboxylic acids is 1. The highest BCUT2D eigenvalue weighted by Crippen LogP contribution is 2.34. The molecule has 0 N–H and O–H groups in total. The maximum absolute atomic E-state index is 13.7. The van der Waals surface area contributed by atoms with Gasteiger partial charge in [-0.05, 0) is 62.3 Å². The van der Waals surface area contributed by atoms with E-state index >= 15 is 0 Å². The van der Waals surface area contributed by atoms with Crippen molar-refractivity contribution in [2.45, 2.75) is 32.6 Å². The van der Waals surface area contributed by atoms with E-state index < -0.39 is 0 Å². The first-order valence-electron chi connectivity index (χ1n) is 13.2. The van der Waals surface area contributed by atoms with E-state index in [2.05, 4.69) is 29.2 Å². The Morgan fingerprint density at radius 3 is 2.63 bits per heavy atom. The van der Waals surface area contributed by atoms with Crippen LogP contribution < -0.4 is 10.5 Å². The van der Waals surface area contributed by atoms with E-state index in [0.29, 0.717) is 58.4 Å². The molecule has 2 saturated heterocycles. The molecule has 7 nitrogen and oxygen atoms in total. The molecule has 1 amide bonds. The van der Waals surface area contributed by atoms with Crippen molar-refractivity contribution in [2.24, 2.45) is 5.92 Å². The zero-order valence-electron chi connectivity index (χ0n) is 21.5. The van der Waals surface area contributed by atoms with Crippen molar-refractivity contribution in [2.75, 3.05) is 37.7 Å². The van der Waals surface area contributed by atoms with Crippen LogP contribution in [0.5, 0.6) is 0 Å². The third-order valence-corrected chi connectivity index (χ3v) is 8.43. The SMILES string of the molecule is CCOCCCN1C(=O)/C(=C/c2c(N3CCC(Cc4ccccc4)CC3)nc3ccccn3c2=O)SC1=S. The molecule has 2 aliphatic heterocycles. The van der Waals surface area contributed by atoms with Gasteiger partial charge >= 0.3 is 0 Å². The van der Waals surface area contributed by atoms with Gasteiger partial charge in [-0.1, -0.05) is 60.4 Å². The maximum atomic E-state index is 13.7. The van der Waals surface area contributed by atoms with Crippen LogP contribution in [0.2, 0.25) is 0 Å². The van der Waals surface area contributed by atoms with E-state index in [1.54, 1.807) is 21.6 Å². The maximum Gasteiger partial charge on any atom is 0.267 e. The predicted octanol–water partition coefficient (Wildman–Crippen LogP) is 4.78. The lowest BCUT2D eigenvalue weighted by molar-refractivity contribution is -0.122. The quantitative estimate of drug-likeness (QED) is 0.217. The Morgan fingerprint density at radius 2 is 1.87 bits per heavy atom. The lowest BCUT2D eigenvalue weighted by Gasteiger charge is -2.33. The summed E-state index contributed by atoms with van der Waals surface area (Å²) in [6.45, 7) is 5.29. The van der Waals surface area contributed by atoms with Crippen molar-refractivity contribution >= 4 is 51.7 Å². The van der Waals surface area contributed by atoms with Crippen molar-refractivity contribution < 1.29 is 9.53 Å². The van der Waals surface area contributed by atoms with Gasteiger partial charge in [-0.25, -0.2) is 4.98 Å². The second kappa shape index (κ2) is 12.2. The molecule has 198 valence electrons. The van der Waals surface area contributed by atoms with Gasteiger partial charge in [-0.2, -0.15) is 0 Å². The number of fused-ring (bicyclic) bond motifs is 1. The summed E-state index contributed by atoms with van der Waals surface area (Å²) in [4.78, 5) is 36.1. The number of carbonyl (C=O) groups is 1. The molecule has 5 rings (SSSR count). The zero-order valence-corrected chi connectivity index (χ0v) is 23.2. The first kappa shape index (κ1) is 26.6. The first-order chi connectivity index (χ1) is 18.5. The summed E-state index contributed by atoms with van der Waals surface area (Å²) in [5.41, 5.74) is 2.21. The molecule has 0 saturated carbocycles. The molecule has 0 bridgehead atoms. The van der Waals surface area contributed by atoms with Crippen molar-refractivity contribution in [1.82, 2.24) is 14.3 Å². The average molecular weight is 549 g/mol. The van der Waals surface area contributed by atoms with Crippen LogP contribution in [0, 0.1) is 5.92 Å². The number of hydrogen-bond donors (Lipinski definition) is 0. The van der Waals surface area contributed by atoms with Crippen molar-refractivity contribution in [3.63, 3.8) is 0 Å². The summed E-state index contributed by atoms with van der Waals surface area (Å²) in [7, 11) is 0. The number of thioether (sulfide) groups is 1. The topological polar surface area (TPSA) is 67.2 Å². The molecule has 0 unspecified atom stereocenters. The molecule has 0 radical (unpaired) electrons. The summed E-state index contributed by atoms with van der Waals surface area (Å²) >= 11 is 6.75. The fourth-order valence-electron chi connectivity index (χ4n) is 5.05. The van der Waals surface area contributed by atoms with Crippen LogP contribution in [0.15, 0.2) is 64.4 Å². The summed E-state index contributed by atoms with van der Waals surface area (Å²) in [5.74, 6) is 1.06. The zero-order chi connectivity index (χ0) is 26.5. The summed E-state index contributed by atoms with van der Waals surface area (Å²) in [5, 5.41) is 0. The number of thiocarbonyl (C=S) groups is 1. The number of aromatic nitrogens is 2. The van der Waals surface area contributed by atoms with E-state index in [9.17, 15) is 9.59 Å². The fraction of sp³-hybridized carbons (Fsp3) is 0.379. The van der Waals surface area contributed by atoms with Gasteiger partial charge in [0.15, 0.2) is 0 Å². The van der Waals surface area contributed by atoms with Crippen molar-refractivity contribution in [3.8, 4) is 0 Å². The normalized spacial score (nSPS) is 17.8. The lowest BCUT2D eigenvalue weighted by atomic mass is 9.90. The van der Waals surface area contributed by atoms with Gasteiger partial charge in [0.1, 0.15) is 15.8 Å². The molecule has 2 fully saturated rings. The van der Waals surface area contributed by atoms with Gasteiger partial charge < -0.3 is 9.64 Å². The number of pyridine rings is 1. The van der Waals surface area contributed by atoms with Crippen LogP contribution in [-0.4, -0.2) is 57.4 Å². The van der Waals surface area contributed by atoms with Gasteiger partial charge in [-0.3, -0.25) is 18.9 Å². The molecule has 0 atom stereocenters. The van der Waals surface area contributed by atoms with Crippen molar-refractivity contribution in [1.29, 1.82) is 0 Å². The molecule has 1 aromatic carbocycles. The fourth-order valence-corrected chi connectivity index (χ4v) is 6.34. The standard InChI is InChI=1S/C29H32N4O3S2/c1-2-36-18-8-15-33-28(35)24(38-29(33)37)20-23-26(30-25-11-6-7-14-32(25)27(23)34)31-16-12-22(13-17-31)19-21-9-4-3-5-10-21/h3-7,9-11,14,20,22H,2,8,12-13,15-19H2,1H3/b24-20-. The number of hydrogen-bond acceptors (Lipinski definition) is 7. The van der Waals surface area contributed by atoms with Crippen LogP contribution >= 0.6 is 24.0 Å². The first-order valence-corrected chi connectivity index (χ1v) is 14.4. The number of nitrogens with zero attached hydrogens (tertiary/aromatic N) is 4. The number of ether oxygens (including phenoxy) is 1. The third kappa shape index (κ3) is 5.85. The van der Waals surface area contributed by atoms with Crippen LogP contribution in [0.25, 0.3) is 11.7 Å². The van der Waals surface area contributed by atoms with Gasteiger partial charge in [0.25, 0.3) is 11.5 Å². The minimum Gasteiger partial charge on any atom is -0.382 e. The minimum absolute atomic E-state index is 0.165. The van der Waals surface area contributed by atoms with Crippen LogP contribution in [0.1, 0.15) is 37.3 Å². The van der Waals surface area contributed by atoms with Crippen LogP contribution in [0.4, 0.5) is 5.82 Å². The number of benzene rings is 1. The second-order valence-electron chi connectivity index (χ2n) is 9.59. The third-order valence-electron chi connectivity index (χ3n) is 7.05. The summed E-state index contributed by atoms with van der Waals surface area (Å²) in [6, 6.07) is 16.1. The molecule has 2 aliphatic rings. The Bertz CT molecular complexity index is 1400. The highest BCUT2D eigenvalue weighted by atomic mass is 32.2. The molecule has 2 aromatic heterocycles. The molecular formula is C29H32N4O3S2. The van der Waals surface area contributed by atoms with Gasteiger partial charge in [0.2, 0.25) is 0 Å². The van der Waals surface area contributed by atoms with Gasteiger partial charge in [0, 0.05) is 39.0 Å². The Kier molecular flexibility index (Phi) is 8.56. The Hall–Kier alpha value is -3.01. The highest BCUT2D eigenvalue weighted by Gasteiger charge is 2.33. The highest BCUT2D eigenvalue weighted by molar-refractivity contribution is 8.26. The van der Waals surface area contributed by atoms with Crippen LogP contribution in [0.3, 0.4) is 0 Å². The summed E-state index contributed by atoms with van der Waals surface area (Å²) < 4.78 is 7.46. The average Bonchev–Trinajstić information content (AvgIpc) is 3.21. The van der Waals surface area contributed by atoms with E-state index in [1.165, 1.54) is 17.3 Å². The van der Waals surface area contributed by atoms with E-state index in [4.69, 9.17) is 21.9 Å². The molecule has 0 spiro atoms. The molecule has 4 heterocycles. The molecule has 9 heteroatoms. The van der Waals surface area contributed by atoms with Crippen LogP contribution in [-0.2, 0) is 16.0 Å². The number of rotatable bonds is 9. The largest absolute Gasteiger partial charge is 0.382 e. The number of amides is 1. The number of anilines is 1.